The van der Waals surface area contributed by atoms with E-state index in [4.69, 9.17) is 0 Å². The van der Waals surface area contributed by atoms with Crippen molar-refractivity contribution in [2.45, 2.75) is 12.8 Å². The molecule has 20 heavy (non-hydrogen) atoms. The average Bonchev–Trinajstić information content (AvgIpc) is 2.40. The molecule has 0 aromatic heterocycles. The summed E-state index contributed by atoms with van der Waals surface area (Å²) in [5.41, 5.74) is 2.33. The van der Waals surface area contributed by atoms with E-state index < -0.39 is 5.92 Å². The first kappa shape index (κ1) is 14.5. The Hall–Kier alpha value is -1.88. The Morgan fingerprint density at radius 3 is 2.60 bits per heavy atom. The zero-order valence-corrected chi connectivity index (χ0v) is 12.5. The number of nitro groups is 1. The molecule has 104 valence electrons. The molecule has 1 N–H and O–H groups in total. The van der Waals surface area contributed by atoms with Crippen LogP contribution >= 0.6 is 15.9 Å². The van der Waals surface area contributed by atoms with Gasteiger partial charge in [0.1, 0.15) is 5.75 Å². The molecule has 1 atom stereocenters. The first-order valence-electron chi connectivity index (χ1n) is 6.14. The monoisotopic (exact) mass is 335 g/mol. The number of rotatable bonds is 4. The molecular weight excluding hydrogens is 322 g/mol. The molecule has 2 aromatic rings. The number of phenolic OH excluding ortho intramolecular Hbond substituents is 1. The van der Waals surface area contributed by atoms with Crippen LogP contribution in [0.5, 0.6) is 5.75 Å². The van der Waals surface area contributed by atoms with Gasteiger partial charge in [-0.05, 0) is 24.6 Å². The molecule has 0 saturated carbocycles. The number of aromatic hydroxyl groups is 1. The lowest BCUT2D eigenvalue weighted by atomic mass is 9.90. The van der Waals surface area contributed by atoms with Gasteiger partial charge >= 0.3 is 0 Å². The van der Waals surface area contributed by atoms with Gasteiger partial charge in [0.2, 0.25) is 6.54 Å². The molecule has 0 radical (unpaired) electrons. The molecule has 0 aliphatic carbocycles. The molecule has 0 unspecified atom stereocenters. The molecule has 0 aliphatic rings. The number of nitrogens with zero attached hydrogens (tertiary/aromatic N) is 1. The maximum absolute atomic E-state index is 11.0. The van der Waals surface area contributed by atoms with Crippen molar-refractivity contribution in [3.63, 3.8) is 0 Å². The predicted molar refractivity (Wildman–Crippen MR) is 80.7 cm³/mol. The van der Waals surface area contributed by atoms with Crippen LogP contribution in [-0.4, -0.2) is 16.6 Å². The van der Waals surface area contributed by atoms with Crippen LogP contribution in [0, 0.1) is 17.0 Å². The van der Waals surface area contributed by atoms with Gasteiger partial charge in [-0.25, -0.2) is 0 Å². The predicted octanol–water partition coefficient (Wildman–Crippen LogP) is 3.87. The smallest absolute Gasteiger partial charge is 0.214 e. The van der Waals surface area contributed by atoms with Crippen LogP contribution in [0.4, 0.5) is 0 Å². The van der Waals surface area contributed by atoms with Crippen molar-refractivity contribution >= 4 is 15.9 Å². The molecule has 0 bridgehead atoms. The minimum absolute atomic E-state index is 0.0817. The third-order valence-corrected chi connectivity index (χ3v) is 3.89. The van der Waals surface area contributed by atoms with E-state index in [0.29, 0.717) is 5.56 Å². The van der Waals surface area contributed by atoms with E-state index in [-0.39, 0.29) is 17.2 Å². The molecule has 5 heteroatoms. The normalized spacial score (nSPS) is 12.1. The lowest BCUT2D eigenvalue weighted by molar-refractivity contribution is -0.481. The number of aryl methyl sites for hydroxylation is 1. The number of halogens is 1. The zero-order chi connectivity index (χ0) is 14.7. The zero-order valence-electron chi connectivity index (χ0n) is 10.9. The molecule has 0 aliphatic heterocycles. The Kier molecular flexibility index (Phi) is 4.39. The highest BCUT2D eigenvalue weighted by Crippen LogP contribution is 2.35. The third-order valence-electron chi connectivity index (χ3n) is 3.17. The summed E-state index contributed by atoms with van der Waals surface area (Å²) >= 11 is 3.42. The number of hydrogen-bond acceptors (Lipinski definition) is 3. The van der Waals surface area contributed by atoms with Gasteiger partial charge < -0.3 is 5.11 Å². The maximum atomic E-state index is 11.0. The summed E-state index contributed by atoms with van der Waals surface area (Å²) in [4.78, 5) is 10.6. The largest absolute Gasteiger partial charge is 0.508 e. The minimum atomic E-state index is -0.486. The Bertz CT molecular complexity index is 643. The van der Waals surface area contributed by atoms with Gasteiger partial charge in [0.15, 0.2) is 0 Å². The van der Waals surface area contributed by atoms with Crippen LogP contribution < -0.4 is 0 Å². The van der Waals surface area contributed by atoms with E-state index in [9.17, 15) is 15.2 Å². The second kappa shape index (κ2) is 6.05. The van der Waals surface area contributed by atoms with Crippen LogP contribution in [-0.2, 0) is 0 Å². The fourth-order valence-electron chi connectivity index (χ4n) is 2.22. The lowest BCUT2D eigenvalue weighted by Gasteiger charge is -2.17. The number of phenols is 1. The summed E-state index contributed by atoms with van der Waals surface area (Å²) in [7, 11) is 0. The molecule has 4 nitrogen and oxygen atoms in total. The fourth-order valence-corrected chi connectivity index (χ4v) is 2.79. The molecule has 0 saturated heterocycles. The Morgan fingerprint density at radius 1 is 1.25 bits per heavy atom. The van der Waals surface area contributed by atoms with Crippen molar-refractivity contribution in [3.05, 3.63) is 73.7 Å². The number of benzene rings is 2. The van der Waals surface area contributed by atoms with Crippen LogP contribution in [0.25, 0.3) is 0 Å². The van der Waals surface area contributed by atoms with Crippen molar-refractivity contribution in [2.24, 2.45) is 0 Å². The first-order valence-corrected chi connectivity index (χ1v) is 6.94. The van der Waals surface area contributed by atoms with E-state index in [1.807, 2.05) is 31.2 Å². The summed E-state index contributed by atoms with van der Waals surface area (Å²) in [6.45, 7) is 1.63. The average molecular weight is 336 g/mol. The molecule has 2 rings (SSSR count). The molecule has 0 heterocycles. The van der Waals surface area contributed by atoms with Gasteiger partial charge in [-0.15, -0.1) is 0 Å². The molecule has 0 fully saturated rings. The van der Waals surface area contributed by atoms with Crippen LogP contribution in [0.1, 0.15) is 22.6 Å². The summed E-state index contributed by atoms with van der Waals surface area (Å²) in [5.74, 6) is -0.404. The third kappa shape index (κ3) is 3.17. The fraction of sp³-hybridized carbons (Fsp3) is 0.200. The van der Waals surface area contributed by atoms with Crippen molar-refractivity contribution in [2.75, 3.05) is 6.54 Å². The van der Waals surface area contributed by atoms with Crippen LogP contribution in [0.3, 0.4) is 0 Å². The van der Waals surface area contributed by atoms with E-state index in [2.05, 4.69) is 15.9 Å². The Labute approximate surface area is 125 Å². The highest BCUT2D eigenvalue weighted by molar-refractivity contribution is 9.10. The Morgan fingerprint density at radius 2 is 1.95 bits per heavy atom. The van der Waals surface area contributed by atoms with Gasteiger partial charge in [-0.2, -0.15) is 0 Å². The van der Waals surface area contributed by atoms with E-state index in [1.54, 1.807) is 18.2 Å². The van der Waals surface area contributed by atoms with Gasteiger partial charge in [0.05, 0.1) is 5.92 Å². The highest BCUT2D eigenvalue weighted by atomic mass is 79.9. The van der Waals surface area contributed by atoms with Crippen molar-refractivity contribution in [3.8, 4) is 5.75 Å². The van der Waals surface area contributed by atoms with Gasteiger partial charge in [-0.3, -0.25) is 10.1 Å². The molecule has 2 aromatic carbocycles. The minimum Gasteiger partial charge on any atom is -0.508 e. The maximum Gasteiger partial charge on any atom is 0.214 e. The molecule has 0 amide bonds. The van der Waals surface area contributed by atoms with Crippen LogP contribution in [0.2, 0.25) is 0 Å². The number of hydrogen-bond donors (Lipinski definition) is 1. The summed E-state index contributed by atoms with van der Waals surface area (Å²) in [6, 6.07) is 12.5. The molecular formula is C15H14BrNO3. The van der Waals surface area contributed by atoms with E-state index in [0.717, 1.165) is 15.6 Å². The van der Waals surface area contributed by atoms with Gasteiger partial charge in [0, 0.05) is 15.0 Å². The SMILES string of the molecule is Cc1ccc(O)c([C@H](C[N+](=O)[O-])c2ccccc2Br)c1. The summed E-state index contributed by atoms with van der Waals surface area (Å²) in [5, 5.41) is 21.0. The van der Waals surface area contributed by atoms with Crippen molar-refractivity contribution in [1.82, 2.24) is 0 Å². The standard InChI is InChI=1S/C15H14BrNO3/c1-10-6-7-15(18)12(8-10)13(9-17(19)20)11-4-2-3-5-14(11)16/h2-8,13,18H,9H2,1H3/t13-/m1/s1. The van der Waals surface area contributed by atoms with Crippen molar-refractivity contribution < 1.29 is 10.0 Å². The second-order valence-corrected chi connectivity index (χ2v) is 5.51. The Balaban J connectivity index is 2.56. The molecule has 0 spiro atoms. The van der Waals surface area contributed by atoms with Crippen LogP contribution in [0.15, 0.2) is 46.9 Å². The van der Waals surface area contributed by atoms with Crippen molar-refractivity contribution in [1.29, 1.82) is 0 Å². The van der Waals surface area contributed by atoms with Gasteiger partial charge in [0.25, 0.3) is 0 Å². The highest BCUT2D eigenvalue weighted by Gasteiger charge is 2.24. The second-order valence-electron chi connectivity index (χ2n) is 4.65. The topological polar surface area (TPSA) is 63.4 Å². The summed E-state index contributed by atoms with van der Waals surface area (Å²) in [6.07, 6.45) is 0. The lowest BCUT2D eigenvalue weighted by Crippen LogP contribution is -2.14. The van der Waals surface area contributed by atoms with Gasteiger partial charge in [-0.1, -0.05) is 51.8 Å². The quantitative estimate of drug-likeness (QED) is 0.681. The first-order chi connectivity index (χ1) is 9.49. The van der Waals surface area contributed by atoms with E-state index in [1.165, 1.54) is 0 Å². The van der Waals surface area contributed by atoms with E-state index >= 15 is 0 Å². The summed E-state index contributed by atoms with van der Waals surface area (Å²) < 4.78 is 0.799.